The van der Waals surface area contributed by atoms with Crippen LogP contribution in [-0.4, -0.2) is 43.3 Å². The number of rotatable bonds is 6. The number of amides is 1. The molecule has 0 saturated heterocycles. The normalized spacial score (nSPS) is 28.7. The third-order valence-electron chi connectivity index (χ3n) is 4.11. The Labute approximate surface area is 113 Å². The van der Waals surface area contributed by atoms with Gasteiger partial charge in [0.1, 0.15) is 0 Å². The minimum absolute atomic E-state index is 0.0258. The Hall–Kier alpha value is -1.14. The summed E-state index contributed by atoms with van der Waals surface area (Å²) >= 11 is 0. The van der Waals surface area contributed by atoms with E-state index < -0.39 is 17.5 Å². The Morgan fingerprint density at radius 1 is 1.47 bits per heavy atom. The van der Waals surface area contributed by atoms with E-state index in [4.69, 9.17) is 15.6 Å². The first-order chi connectivity index (χ1) is 8.95. The number of hydrogen-bond acceptors (Lipinski definition) is 4. The molecular formula is C13H24N2O4. The van der Waals surface area contributed by atoms with Crippen LogP contribution >= 0.6 is 0 Å². The van der Waals surface area contributed by atoms with Crippen LogP contribution in [0.1, 0.15) is 32.6 Å². The summed E-state index contributed by atoms with van der Waals surface area (Å²) in [5.41, 5.74) is 5.24. The number of nitrogens with two attached hydrogens (primary N) is 1. The molecule has 0 bridgehead atoms. The van der Waals surface area contributed by atoms with Crippen molar-refractivity contribution < 1.29 is 19.4 Å². The van der Waals surface area contributed by atoms with Crippen LogP contribution in [0.25, 0.3) is 0 Å². The van der Waals surface area contributed by atoms with Crippen LogP contribution < -0.4 is 11.1 Å². The SMILES string of the molecule is COC(CNC(=O)C1(CN)CCC(C)CC1)C(=O)O. The van der Waals surface area contributed by atoms with Gasteiger partial charge in [0.2, 0.25) is 5.91 Å². The Bertz CT molecular complexity index is 325. The Morgan fingerprint density at radius 2 is 2.05 bits per heavy atom. The van der Waals surface area contributed by atoms with Crippen molar-refractivity contribution in [1.29, 1.82) is 0 Å². The first kappa shape index (κ1) is 15.9. The van der Waals surface area contributed by atoms with Crippen LogP contribution in [0.2, 0.25) is 0 Å². The number of carboxylic acids is 1. The van der Waals surface area contributed by atoms with E-state index in [2.05, 4.69) is 12.2 Å². The van der Waals surface area contributed by atoms with E-state index >= 15 is 0 Å². The van der Waals surface area contributed by atoms with Crippen molar-refractivity contribution in [3.05, 3.63) is 0 Å². The number of methoxy groups -OCH3 is 1. The molecule has 6 nitrogen and oxygen atoms in total. The zero-order valence-electron chi connectivity index (χ0n) is 11.6. The molecule has 1 aliphatic rings. The van der Waals surface area contributed by atoms with Crippen molar-refractivity contribution in [2.24, 2.45) is 17.1 Å². The molecule has 0 heterocycles. The number of hydrogen-bond donors (Lipinski definition) is 3. The largest absolute Gasteiger partial charge is 0.479 e. The molecule has 1 atom stereocenters. The minimum Gasteiger partial charge on any atom is -0.479 e. The van der Waals surface area contributed by atoms with Crippen LogP contribution in [0.3, 0.4) is 0 Å². The molecule has 1 unspecified atom stereocenters. The summed E-state index contributed by atoms with van der Waals surface area (Å²) in [6, 6.07) is 0. The van der Waals surface area contributed by atoms with Crippen molar-refractivity contribution >= 4 is 11.9 Å². The lowest BCUT2D eigenvalue weighted by molar-refractivity contribution is -0.148. The van der Waals surface area contributed by atoms with Gasteiger partial charge in [-0.2, -0.15) is 0 Å². The van der Waals surface area contributed by atoms with Crippen LogP contribution in [0.5, 0.6) is 0 Å². The molecule has 19 heavy (non-hydrogen) atoms. The molecule has 1 saturated carbocycles. The highest BCUT2D eigenvalue weighted by atomic mass is 16.5. The van der Waals surface area contributed by atoms with Gasteiger partial charge in [-0.3, -0.25) is 4.79 Å². The van der Waals surface area contributed by atoms with Gasteiger partial charge in [0.25, 0.3) is 0 Å². The van der Waals surface area contributed by atoms with E-state index in [-0.39, 0.29) is 12.5 Å². The summed E-state index contributed by atoms with van der Waals surface area (Å²) < 4.78 is 4.79. The van der Waals surface area contributed by atoms with Crippen LogP contribution in [-0.2, 0) is 14.3 Å². The van der Waals surface area contributed by atoms with Gasteiger partial charge >= 0.3 is 5.97 Å². The number of carbonyl (C=O) groups excluding carboxylic acids is 1. The molecule has 1 fully saturated rings. The number of aliphatic carboxylic acids is 1. The smallest absolute Gasteiger partial charge is 0.334 e. The lowest BCUT2D eigenvalue weighted by Gasteiger charge is -2.37. The van der Waals surface area contributed by atoms with E-state index in [1.807, 2.05) is 0 Å². The highest BCUT2D eigenvalue weighted by Gasteiger charge is 2.40. The summed E-state index contributed by atoms with van der Waals surface area (Å²) in [6.07, 6.45) is 2.48. The zero-order chi connectivity index (χ0) is 14.5. The highest BCUT2D eigenvalue weighted by molar-refractivity contribution is 5.83. The molecule has 0 aromatic carbocycles. The number of carbonyl (C=O) groups is 2. The second kappa shape index (κ2) is 6.86. The molecule has 0 spiro atoms. The summed E-state index contributed by atoms with van der Waals surface area (Å²) in [5.74, 6) is -0.606. The Balaban J connectivity index is 2.57. The first-order valence-electron chi connectivity index (χ1n) is 6.69. The summed E-state index contributed by atoms with van der Waals surface area (Å²) in [4.78, 5) is 23.1. The van der Waals surface area contributed by atoms with Gasteiger partial charge in [-0.05, 0) is 31.6 Å². The summed E-state index contributed by atoms with van der Waals surface area (Å²) in [7, 11) is 1.31. The molecule has 1 aliphatic carbocycles. The molecule has 0 aliphatic heterocycles. The van der Waals surface area contributed by atoms with E-state index in [0.29, 0.717) is 12.5 Å². The summed E-state index contributed by atoms with van der Waals surface area (Å²) in [5, 5.41) is 11.5. The quantitative estimate of drug-likeness (QED) is 0.648. The molecule has 110 valence electrons. The molecule has 1 amide bonds. The van der Waals surface area contributed by atoms with Crippen molar-refractivity contribution in [1.82, 2.24) is 5.32 Å². The van der Waals surface area contributed by atoms with Crippen molar-refractivity contribution in [3.8, 4) is 0 Å². The fraction of sp³-hybridized carbons (Fsp3) is 0.846. The Kier molecular flexibility index (Phi) is 5.75. The van der Waals surface area contributed by atoms with Gasteiger partial charge in [-0.15, -0.1) is 0 Å². The average Bonchev–Trinajstić information content (AvgIpc) is 2.40. The van der Waals surface area contributed by atoms with E-state index in [1.165, 1.54) is 7.11 Å². The van der Waals surface area contributed by atoms with Gasteiger partial charge in [0.05, 0.1) is 12.0 Å². The minimum atomic E-state index is -1.08. The zero-order valence-corrected chi connectivity index (χ0v) is 11.6. The molecule has 0 aromatic heterocycles. The molecule has 0 radical (unpaired) electrons. The van der Waals surface area contributed by atoms with E-state index in [9.17, 15) is 9.59 Å². The monoisotopic (exact) mass is 272 g/mol. The van der Waals surface area contributed by atoms with Crippen molar-refractivity contribution in [3.63, 3.8) is 0 Å². The maximum atomic E-state index is 12.3. The second-order valence-corrected chi connectivity index (χ2v) is 5.44. The highest BCUT2D eigenvalue weighted by Crippen LogP contribution is 2.38. The summed E-state index contributed by atoms with van der Waals surface area (Å²) in [6.45, 7) is 2.45. The van der Waals surface area contributed by atoms with Crippen molar-refractivity contribution in [2.45, 2.75) is 38.7 Å². The van der Waals surface area contributed by atoms with Crippen LogP contribution in [0.15, 0.2) is 0 Å². The molecule has 4 N–H and O–H groups in total. The van der Waals surface area contributed by atoms with Gasteiger partial charge in [-0.25, -0.2) is 4.79 Å². The topological polar surface area (TPSA) is 102 Å². The molecule has 0 aromatic rings. The number of ether oxygens (including phenoxy) is 1. The fourth-order valence-electron chi connectivity index (χ4n) is 2.48. The molecular weight excluding hydrogens is 248 g/mol. The van der Waals surface area contributed by atoms with E-state index in [0.717, 1.165) is 25.7 Å². The van der Waals surface area contributed by atoms with Gasteiger partial charge in [0, 0.05) is 13.7 Å². The van der Waals surface area contributed by atoms with Crippen LogP contribution in [0.4, 0.5) is 0 Å². The average molecular weight is 272 g/mol. The van der Waals surface area contributed by atoms with E-state index in [1.54, 1.807) is 0 Å². The fourth-order valence-corrected chi connectivity index (χ4v) is 2.48. The Morgan fingerprint density at radius 3 is 2.47 bits per heavy atom. The van der Waals surface area contributed by atoms with Gasteiger partial charge < -0.3 is 20.9 Å². The molecule has 1 rings (SSSR count). The van der Waals surface area contributed by atoms with Crippen LogP contribution in [0, 0.1) is 11.3 Å². The standard InChI is InChI=1S/C13H24N2O4/c1-9-3-5-13(8-14,6-4-9)12(18)15-7-10(19-2)11(16)17/h9-10H,3-8,14H2,1-2H3,(H,15,18)(H,16,17). The van der Waals surface area contributed by atoms with Gasteiger partial charge in [0.15, 0.2) is 6.10 Å². The van der Waals surface area contributed by atoms with Gasteiger partial charge in [-0.1, -0.05) is 6.92 Å². The first-order valence-corrected chi connectivity index (χ1v) is 6.69. The predicted octanol–water partition coefficient (Wildman–Crippen LogP) is 0.357. The number of nitrogens with one attached hydrogen (secondary N) is 1. The third-order valence-corrected chi connectivity index (χ3v) is 4.11. The third kappa shape index (κ3) is 3.91. The number of carboxylic acid groups (broad SMARTS) is 1. The maximum absolute atomic E-state index is 12.3. The lowest BCUT2D eigenvalue weighted by Crippen LogP contribution is -2.50. The lowest BCUT2D eigenvalue weighted by atomic mass is 9.70. The predicted molar refractivity (Wildman–Crippen MR) is 70.6 cm³/mol. The molecule has 6 heteroatoms. The van der Waals surface area contributed by atoms with Crippen molar-refractivity contribution in [2.75, 3.05) is 20.2 Å². The second-order valence-electron chi connectivity index (χ2n) is 5.44. The maximum Gasteiger partial charge on any atom is 0.334 e.